The fourth-order valence-corrected chi connectivity index (χ4v) is 5.45. The van der Waals surface area contributed by atoms with Gasteiger partial charge in [0, 0.05) is 48.6 Å². The second kappa shape index (κ2) is 11.6. The molecule has 1 aromatic carbocycles. The summed E-state index contributed by atoms with van der Waals surface area (Å²) in [4.78, 5) is 37.2. The Morgan fingerprint density at radius 3 is 2.68 bits per heavy atom. The molecule has 190 valence electrons. The van der Waals surface area contributed by atoms with Gasteiger partial charge >= 0.3 is 0 Å². The Kier molecular flexibility index (Phi) is 7.84. The van der Waals surface area contributed by atoms with Crippen molar-refractivity contribution in [2.45, 2.75) is 31.4 Å². The van der Waals surface area contributed by atoms with Gasteiger partial charge in [-0.05, 0) is 55.5 Å². The lowest BCUT2D eigenvalue weighted by atomic mass is 9.89. The van der Waals surface area contributed by atoms with E-state index < -0.39 is 0 Å². The lowest BCUT2D eigenvalue weighted by Crippen LogP contribution is -2.39. The molecule has 0 unspecified atom stereocenters. The van der Waals surface area contributed by atoms with Gasteiger partial charge in [0.05, 0.1) is 23.3 Å². The number of likely N-dealkylation sites (tertiary alicyclic amines) is 1. The van der Waals surface area contributed by atoms with Gasteiger partial charge in [-0.2, -0.15) is 11.8 Å². The van der Waals surface area contributed by atoms with Crippen molar-refractivity contribution < 1.29 is 14.0 Å². The molecule has 1 saturated heterocycles. The molecule has 1 aliphatic heterocycles. The van der Waals surface area contributed by atoms with Crippen LogP contribution >= 0.6 is 11.8 Å². The van der Waals surface area contributed by atoms with Gasteiger partial charge in [-0.15, -0.1) is 0 Å². The minimum atomic E-state index is -0.0973. The highest BCUT2D eigenvalue weighted by atomic mass is 32.2. The first-order valence-electron chi connectivity index (χ1n) is 12.6. The number of piperidine rings is 1. The molecule has 1 fully saturated rings. The number of aryl methyl sites for hydroxylation is 1. The largest absolute Gasteiger partial charge is 0.468 e. The zero-order chi connectivity index (χ0) is 25.6. The number of benzene rings is 1. The number of nitrogens with one attached hydrogen (secondary N) is 1. The summed E-state index contributed by atoms with van der Waals surface area (Å²) < 4.78 is 5.34. The maximum absolute atomic E-state index is 13.1. The van der Waals surface area contributed by atoms with E-state index in [-0.39, 0.29) is 17.7 Å². The van der Waals surface area contributed by atoms with Crippen LogP contribution in [0.3, 0.4) is 0 Å². The van der Waals surface area contributed by atoms with Crippen LogP contribution in [0.25, 0.3) is 10.8 Å². The van der Waals surface area contributed by atoms with Crippen LogP contribution in [0.15, 0.2) is 71.5 Å². The molecule has 2 amide bonds. The first-order valence-corrected chi connectivity index (χ1v) is 13.7. The van der Waals surface area contributed by atoms with Crippen molar-refractivity contribution in [1.29, 1.82) is 0 Å². The number of hydrogen-bond donors (Lipinski definition) is 1. The van der Waals surface area contributed by atoms with Gasteiger partial charge in [0.1, 0.15) is 11.5 Å². The van der Waals surface area contributed by atoms with Crippen LogP contribution in [-0.2, 0) is 5.75 Å². The SMILES string of the molecule is Cc1ccc(C(=O)NCCSCc2ccco2)c(C2CCN(C(=O)c3cc4ccccc4cn3)CC2)n1. The molecule has 37 heavy (non-hydrogen) atoms. The minimum Gasteiger partial charge on any atom is -0.468 e. The predicted molar refractivity (Wildman–Crippen MR) is 146 cm³/mol. The van der Waals surface area contributed by atoms with Gasteiger partial charge in [-0.3, -0.25) is 19.6 Å². The van der Waals surface area contributed by atoms with E-state index in [1.165, 1.54) is 0 Å². The molecule has 5 rings (SSSR count). The van der Waals surface area contributed by atoms with E-state index >= 15 is 0 Å². The molecule has 0 bridgehead atoms. The number of hydrogen-bond acceptors (Lipinski definition) is 6. The maximum Gasteiger partial charge on any atom is 0.272 e. The number of rotatable bonds is 8. The van der Waals surface area contributed by atoms with E-state index in [9.17, 15) is 9.59 Å². The smallest absolute Gasteiger partial charge is 0.272 e. The molecule has 8 heteroatoms. The second-order valence-corrected chi connectivity index (χ2v) is 10.4. The van der Waals surface area contributed by atoms with Crippen molar-refractivity contribution in [3.05, 3.63) is 95.5 Å². The van der Waals surface area contributed by atoms with Crippen LogP contribution in [0.2, 0.25) is 0 Å². The number of carbonyl (C=O) groups excluding carboxylic acids is 2. The van der Waals surface area contributed by atoms with Crippen molar-refractivity contribution >= 4 is 34.3 Å². The average molecular weight is 515 g/mol. The van der Waals surface area contributed by atoms with E-state index in [1.54, 1.807) is 24.2 Å². The standard InChI is InChI=1S/C29H30N4O3S/c1-20-8-9-25(28(34)30-12-16-37-19-24-7-4-15-36-24)27(32-20)21-10-13-33(14-11-21)29(35)26-17-22-5-2-3-6-23(22)18-31-26/h2-9,15,17-18,21H,10-14,16,19H2,1H3,(H,30,34). The van der Waals surface area contributed by atoms with Gasteiger partial charge in [-0.25, -0.2) is 0 Å². The van der Waals surface area contributed by atoms with Gasteiger partial charge in [0.25, 0.3) is 11.8 Å². The van der Waals surface area contributed by atoms with Crippen LogP contribution in [0.1, 0.15) is 56.8 Å². The van der Waals surface area contributed by atoms with Crippen molar-refractivity contribution in [2.24, 2.45) is 0 Å². The molecule has 4 heterocycles. The summed E-state index contributed by atoms with van der Waals surface area (Å²) in [5.74, 6) is 2.49. The van der Waals surface area contributed by atoms with Crippen molar-refractivity contribution in [1.82, 2.24) is 20.2 Å². The van der Waals surface area contributed by atoms with E-state index in [2.05, 4.69) is 10.3 Å². The lowest BCUT2D eigenvalue weighted by molar-refractivity contribution is 0.0705. The van der Waals surface area contributed by atoms with Gasteiger partial charge in [-0.1, -0.05) is 24.3 Å². The maximum atomic E-state index is 13.1. The van der Waals surface area contributed by atoms with E-state index in [1.807, 2.05) is 66.4 Å². The third kappa shape index (κ3) is 6.02. The topological polar surface area (TPSA) is 88.3 Å². The van der Waals surface area contributed by atoms with Crippen LogP contribution in [0.4, 0.5) is 0 Å². The predicted octanol–water partition coefficient (Wildman–Crippen LogP) is 5.21. The summed E-state index contributed by atoms with van der Waals surface area (Å²) in [6.45, 7) is 3.74. The summed E-state index contributed by atoms with van der Waals surface area (Å²) in [5.41, 5.74) is 2.81. The van der Waals surface area contributed by atoms with Crippen LogP contribution in [0.5, 0.6) is 0 Å². The average Bonchev–Trinajstić information content (AvgIpc) is 3.46. The van der Waals surface area contributed by atoms with Gasteiger partial charge in [0.15, 0.2) is 0 Å². The monoisotopic (exact) mass is 514 g/mol. The Labute approximate surface area is 220 Å². The molecule has 7 nitrogen and oxygen atoms in total. The number of furan rings is 1. The first-order chi connectivity index (χ1) is 18.1. The van der Waals surface area contributed by atoms with Crippen molar-refractivity contribution in [3.8, 4) is 0 Å². The summed E-state index contributed by atoms with van der Waals surface area (Å²) >= 11 is 1.72. The number of pyridine rings is 2. The van der Waals surface area contributed by atoms with E-state index in [4.69, 9.17) is 9.40 Å². The van der Waals surface area contributed by atoms with E-state index in [0.717, 1.165) is 52.3 Å². The number of fused-ring (bicyclic) bond motifs is 1. The number of carbonyl (C=O) groups is 2. The molecule has 0 radical (unpaired) electrons. The summed E-state index contributed by atoms with van der Waals surface area (Å²) in [6.07, 6.45) is 4.95. The Morgan fingerprint density at radius 2 is 1.89 bits per heavy atom. The zero-order valence-electron chi connectivity index (χ0n) is 20.9. The molecule has 1 aliphatic rings. The highest BCUT2D eigenvalue weighted by Gasteiger charge is 2.29. The third-order valence-corrected chi connectivity index (χ3v) is 7.67. The van der Waals surface area contributed by atoms with Crippen LogP contribution < -0.4 is 5.32 Å². The number of amides is 2. The Balaban J connectivity index is 1.18. The zero-order valence-corrected chi connectivity index (χ0v) is 21.7. The molecule has 0 aliphatic carbocycles. The van der Waals surface area contributed by atoms with Crippen molar-refractivity contribution in [3.63, 3.8) is 0 Å². The molecule has 0 atom stereocenters. The van der Waals surface area contributed by atoms with Gasteiger partial charge in [0.2, 0.25) is 0 Å². The Morgan fingerprint density at radius 1 is 1.08 bits per heavy atom. The summed E-state index contributed by atoms with van der Waals surface area (Å²) in [6, 6.07) is 17.4. The fourth-order valence-electron chi connectivity index (χ4n) is 4.70. The summed E-state index contributed by atoms with van der Waals surface area (Å²) in [5, 5.41) is 5.07. The first kappa shape index (κ1) is 25.0. The molecule has 4 aromatic rings. The lowest BCUT2D eigenvalue weighted by Gasteiger charge is -2.32. The highest BCUT2D eigenvalue weighted by Crippen LogP contribution is 2.30. The number of nitrogens with zero attached hydrogens (tertiary/aromatic N) is 3. The number of aromatic nitrogens is 2. The van der Waals surface area contributed by atoms with Gasteiger partial charge < -0.3 is 14.6 Å². The minimum absolute atomic E-state index is 0.0496. The second-order valence-electron chi connectivity index (χ2n) is 9.26. The third-order valence-electron chi connectivity index (χ3n) is 6.68. The highest BCUT2D eigenvalue weighted by molar-refractivity contribution is 7.98. The number of thioether (sulfide) groups is 1. The molecule has 3 aromatic heterocycles. The van der Waals surface area contributed by atoms with Crippen LogP contribution in [-0.4, -0.2) is 52.1 Å². The molecule has 0 spiro atoms. The summed E-state index contributed by atoms with van der Waals surface area (Å²) in [7, 11) is 0. The normalized spacial score (nSPS) is 14.1. The molecular weight excluding hydrogens is 484 g/mol. The Hall–Kier alpha value is -3.65. The van der Waals surface area contributed by atoms with Crippen molar-refractivity contribution in [2.75, 3.05) is 25.4 Å². The molecule has 1 N–H and O–H groups in total. The quantitative estimate of drug-likeness (QED) is 0.325. The Bertz CT molecular complexity index is 1380. The molecular formula is C29H30N4O3S. The fraction of sp³-hybridized carbons (Fsp3) is 0.310. The van der Waals surface area contributed by atoms with Crippen LogP contribution in [0, 0.1) is 6.92 Å². The van der Waals surface area contributed by atoms with E-state index in [0.29, 0.717) is 30.9 Å². The molecule has 0 saturated carbocycles.